The molecular weight excluding hydrogens is 359 g/mol. The molecule has 1 saturated heterocycles. The number of para-hydroxylation sites is 1. The Hall–Kier alpha value is -2.96. The zero-order chi connectivity index (χ0) is 19.9. The molecule has 1 fully saturated rings. The molecule has 0 spiro atoms. The van der Waals surface area contributed by atoms with Gasteiger partial charge in [0.15, 0.2) is 0 Å². The molecule has 1 aromatic carbocycles. The van der Waals surface area contributed by atoms with Crippen LogP contribution in [-0.2, 0) is 9.59 Å². The van der Waals surface area contributed by atoms with E-state index in [2.05, 4.69) is 10.3 Å². The molecule has 0 aliphatic carbocycles. The highest BCUT2D eigenvalue weighted by Crippen LogP contribution is 2.21. The van der Waals surface area contributed by atoms with E-state index in [9.17, 15) is 14.0 Å². The molecule has 1 aromatic heterocycles. The number of hydrogen-bond acceptors (Lipinski definition) is 4. The van der Waals surface area contributed by atoms with Crippen molar-refractivity contribution in [2.45, 2.75) is 19.8 Å². The number of benzene rings is 1. The molecule has 1 unspecified atom stereocenters. The molecule has 3 rings (SSSR count). The first-order chi connectivity index (χ1) is 13.5. The number of nitrogens with one attached hydrogen (secondary N) is 1. The molecule has 1 atom stereocenters. The minimum absolute atomic E-state index is 0.0369. The maximum atomic E-state index is 13.9. The second-order valence-corrected chi connectivity index (χ2v) is 7.12. The summed E-state index contributed by atoms with van der Waals surface area (Å²) < 4.78 is 13.9. The molecule has 0 bridgehead atoms. The monoisotopic (exact) mass is 384 g/mol. The van der Waals surface area contributed by atoms with Gasteiger partial charge in [-0.2, -0.15) is 0 Å². The Morgan fingerprint density at radius 3 is 2.54 bits per heavy atom. The number of piperazine rings is 1. The van der Waals surface area contributed by atoms with Crippen molar-refractivity contribution in [1.82, 2.24) is 9.88 Å². The largest absolute Gasteiger partial charge is 0.366 e. The topological polar surface area (TPSA) is 65.5 Å². The number of aromatic nitrogens is 1. The maximum Gasteiger partial charge on any atom is 0.224 e. The number of rotatable bonds is 6. The van der Waals surface area contributed by atoms with Gasteiger partial charge in [-0.05, 0) is 30.2 Å². The Labute approximate surface area is 164 Å². The summed E-state index contributed by atoms with van der Waals surface area (Å²) in [5.74, 6) is -0.392. The Morgan fingerprint density at radius 2 is 1.86 bits per heavy atom. The van der Waals surface area contributed by atoms with E-state index in [1.807, 2.05) is 17.9 Å². The van der Waals surface area contributed by atoms with Crippen molar-refractivity contribution in [3.05, 3.63) is 54.6 Å². The number of nitrogens with zero attached hydrogens (tertiary/aromatic N) is 3. The summed E-state index contributed by atoms with van der Waals surface area (Å²) in [5.41, 5.74) is 1.23. The van der Waals surface area contributed by atoms with Gasteiger partial charge in [0.25, 0.3) is 0 Å². The van der Waals surface area contributed by atoms with Crippen LogP contribution in [0.4, 0.5) is 15.8 Å². The number of anilines is 2. The van der Waals surface area contributed by atoms with Crippen LogP contribution >= 0.6 is 0 Å². The molecule has 2 aromatic rings. The van der Waals surface area contributed by atoms with Gasteiger partial charge in [-0.15, -0.1) is 0 Å². The normalized spacial score (nSPS) is 15.2. The molecule has 148 valence electrons. The third-order valence-electron chi connectivity index (χ3n) is 4.83. The van der Waals surface area contributed by atoms with E-state index in [1.165, 1.54) is 6.07 Å². The van der Waals surface area contributed by atoms with Crippen LogP contribution in [0.2, 0.25) is 0 Å². The smallest absolute Gasteiger partial charge is 0.224 e. The number of hydrogen-bond donors (Lipinski definition) is 1. The van der Waals surface area contributed by atoms with E-state index in [-0.39, 0.29) is 30.0 Å². The van der Waals surface area contributed by atoms with Crippen LogP contribution in [0.25, 0.3) is 0 Å². The number of carbonyl (C=O) groups excluding carboxylic acids is 2. The third kappa shape index (κ3) is 5.28. The van der Waals surface area contributed by atoms with Gasteiger partial charge in [0.05, 0.1) is 17.6 Å². The summed E-state index contributed by atoms with van der Waals surface area (Å²) in [4.78, 5) is 32.4. The average molecular weight is 384 g/mol. The Bertz CT molecular complexity index is 807. The Balaban J connectivity index is 1.44. The second kappa shape index (κ2) is 9.30. The summed E-state index contributed by atoms with van der Waals surface area (Å²) >= 11 is 0. The first-order valence-electron chi connectivity index (χ1n) is 9.50. The Kier molecular flexibility index (Phi) is 6.57. The molecule has 0 saturated carbocycles. The molecule has 28 heavy (non-hydrogen) atoms. The average Bonchev–Trinajstić information content (AvgIpc) is 2.69. The number of amides is 2. The van der Waals surface area contributed by atoms with Crippen LogP contribution in [0.5, 0.6) is 0 Å². The van der Waals surface area contributed by atoms with E-state index in [1.54, 1.807) is 41.6 Å². The van der Waals surface area contributed by atoms with Crippen molar-refractivity contribution in [3.63, 3.8) is 0 Å². The zero-order valence-electron chi connectivity index (χ0n) is 16.0. The van der Waals surface area contributed by atoms with E-state index in [0.29, 0.717) is 44.0 Å². The molecule has 7 heteroatoms. The summed E-state index contributed by atoms with van der Waals surface area (Å²) in [6.07, 6.45) is 3.82. The van der Waals surface area contributed by atoms with Crippen molar-refractivity contribution in [2.75, 3.05) is 36.4 Å². The van der Waals surface area contributed by atoms with Gasteiger partial charge in [0, 0.05) is 45.2 Å². The zero-order valence-corrected chi connectivity index (χ0v) is 16.0. The molecule has 2 heterocycles. The van der Waals surface area contributed by atoms with Crippen molar-refractivity contribution >= 4 is 23.2 Å². The van der Waals surface area contributed by atoms with Gasteiger partial charge in [0.1, 0.15) is 5.82 Å². The lowest BCUT2D eigenvalue weighted by molar-refractivity contribution is -0.132. The lowest BCUT2D eigenvalue weighted by Crippen LogP contribution is -2.49. The van der Waals surface area contributed by atoms with Gasteiger partial charge in [-0.25, -0.2) is 4.39 Å². The fourth-order valence-electron chi connectivity index (χ4n) is 3.37. The van der Waals surface area contributed by atoms with E-state index in [0.717, 1.165) is 0 Å². The molecule has 1 aliphatic heterocycles. The maximum absolute atomic E-state index is 13.9. The van der Waals surface area contributed by atoms with Crippen LogP contribution in [0.1, 0.15) is 19.8 Å². The van der Waals surface area contributed by atoms with Crippen molar-refractivity contribution < 1.29 is 14.0 Å². The van der Waals surface area contributed by atoms with Crippen LogP contribution in [-0.4, -0.2) is 47.9 Å². The fourth-order valence-corrected chi connectivity index (χ4v) is 3.37. The number of pyridine rings is 1. The highest BCUT2D eigenvalue weighted by Gasteiger charge is 2.24. The third-order valence-corrected chi connectivity index (χ3v) is 4.83. The lowest BCUT2D eigenvalue weighted by atomic mass is 10.0. The molecule has 0 radical (unpaired) electrons. The Morgan fingerprint density at radius 1 is 1.11 bits per heavy atom. The van der Waals surface area contributed by atoms with Crippen LogP contribution in [0.15, 0.2) is 48.8 Å². The quantitative estimate of drug-likeness (QED) is 0.832. The van der Waals surface area contributed by atoms with Gasteiger partial charge in [-0.3, -0.25) is 14.6 Å². The first-order valence-corrected chi connectivity index (χ1v) is 9.50. The highest BCUT2D eigenvalue weighted by atomic mass is 19.1. The highest BCUT2D eigenvalue weighted by molar-refractivity contribution is 5.91. The molecule has 1 aliphatic rings. The lowest BCUT2D eigenvalue weighted by Gasteiger charge is -2.36. The number of carbonyl (C=O) groups is 2. The summed E-state index contributed by atoms with van der Waals surface area (Å²) in [5, 5.41) is 2.79. The van der Waals surface area contributed by atoms with Gasteiger partial charge < -0.3 is 15.1 Å². The molecule has 1 N–H and O–H groups in total. The number of halogens is 1. The van der Waals surface area contributed by atoms with Crippen molar-refractivity contribution in [3.8, 4) is 0 Å². The predicted octanol–water partition coefficient (Wildman–Crippen LogP) is 2.92. The SMILES string of the molecule is CC(CC(=O)Nc1cccnc1)CC(=O)N1CCN(c2ccccc2F)CC1. The molecular formula is C21H25FN4O2. The minimum Gasteiger partial charge on any atom is -0.366 e. The first kappa shape index (κ1) is 19.8. The van der Waals surface area contributed by atoms with Crippen LogP contribution in [0.3, 0.4) is 0 Å². The summed E-state index contributed by atoms with van der Waals surface area (Å²) in [6.45, 7) is 4.21. The van der Waals surface area contributed by atoms with Gasteiger partial charge >= 0.3 is 0 Å². The summed E-state index contributed by atoms with van der Waals surface area (Å²) in [6, 6.07) is 10.2. The minimum atomic E-state index is -0.240. The van der Waals surface area contributed by atoms with Gasteiger partial charge in [0.2, 0.25) is 11.8 Å². The second-order valence-electron chi connectivity index (χ2n) is 7.12. The summed E-state index contributed by atoms with van der Waals surface area (Å²) in [7, 11) is 0. The molecule has 2 amide bonds. The van der Waals surface area contributed by atoms with Crippen LogP contribution in [0, 0.1) is 11.7 Å². The van der Waals surface area contributed by atoms with Crippen molar-refractivity contribution in [1.29, 1.82) is 0 Å². The standard InChI is InChI=1S/C21H25FN4O2/c1-16(13-20(27)24-17-5-4-8-23-15-17)14-21(28)26-11-9-25(10-12-26)19-7-3-2-6-18(19)22/h2-8,15-16H,9-14H2,1H3,(H,24,27). The van der Waals surface area contributed by atoms with Crippen LogP contribution < -0.4 is 10.2 Å². The van der Waals surface area contributed by atoms with E-state index >= 15 is 0 Å². The predicted molar refractivity (Wildman–Crippen MR) is 106 cm³/mol. The van der Waals surface area contributed by atoms with E-state index in [4.69, 9.17) is 0 Å². The van der Waals surface area contributed by atoms with Crippen molar-refractivity contribution in [2.24, 2.45) is 5.92 Å². The van der Waals surface area contributed by atoms with E-state index < -0.39 is 0 Å². The molecule has 6 nitrogen and oxygen atoms in total. The van der Waals surface area contributed by atoms with Gasteiger partial charge in [-0.1, -0.05) is 19.1 Å². The fraction of sp³-hybridized carbons (Fsp3) is 0.381.